The third-order valence-electron chi connectivity index (χ3n) is 4.38. The Balaban J connectivity index is 1.85. The van der Waals surface area contributed by atoms with Gasteiger partial charge in [0.2, 0.25) is 5.75 Å². The number of ether oxygens (including phenoxy) is 4. The molecule has 0 radical (unpaired) electrons. The lowest BCUT2D eigenvalue weighted by Gasteiger charge is -2.12. The standard InChI is InChI=1S/C23H29N3O6/c1-5-6-11-32-18-9-7-17(8-10-18)23(28)24-15-21(27)26-25-14-16-12-19(29-2)22(31-4)20(13-16)30-3/h7-10,12-14H,5-6,11,15H2,1-4H3,(H,24,28)(H,26,27). The van der Waals surface area contributed by atoms with Gasteiger partial charge in [-0.25, -0.2) is 5.43 Å². The van der Waals surface area contributed by atoms with Crippen molar-refractivity contribution in [2.24, 2.45) is 5.10 Å². The second-order valence-electron chi connectivity index (χ2n) is 6.66. The second-order valence-corrected chi connectivity index (χ2v) is 6.66. The number of nitrogens with one attached hydrogen (secondary N) is 2. The van der Waals surface area contributed by atoms with Gasteiger partial charge in [0.05, 0.1) is 40.7 Å². The van der Waals surface area contributed by atoms with E-state index in [9.17, 15) is 9.59 Å². The van der Waals surface area contributed by atoms with Crippen LogP contribution < -0.4 is 29.7 Å². The number of carbonyl (C=O) groups is 2. The first kappa shape index (κ1) is 24.5. The van der Waals surface area contributed by atoms with Crippen molar-refractivity contribution < 1.29 is 28.5 Å². The molecule has 2 amide bonds. The Kier molecular flexibility index (Phi) is 9.83. The van der Waals surface area contributed by atoms with Crippen LogP contribution in [0, 0.1) is 0 Å². The molecule has 0 spiro atoms. The first-order valence-corrected chi connectivity index (χ1v) is 10.1. The van der Waals surface area contributed by atoms with Crippen molar-refractivity contribution in [1.29, 1.82) is 0 Å². The highest BCUT2D eigenvalue weighted by atomic mass is 16.5. The van der Waals surface area contributed by atoms with Crippen molar-refractivity contribution >= 4 is 18.0 Å². The smallest absolute Gasteiger partial charge is 0.259 e. The predicted molar refractivity (Wildman–Crippen MR) is 121 cm³/mol. The summed E-state index contributed by atoms with van der Waals surface area (Å²) in [6.45, 7) is 2.50. The lowest BCUT2D eigenvalue weighted by atomic mass is 10.2. The number of methoxy groups -OCH3 is 3. The number of hydrazone groups is 1. The van der Waals surface area contributed by atoms with Gasteiger partial charge in [-0.1, -0.05) is 13.3 Å². The highest BCUT2D eigenvalue weighted by Crippen LogP contribution is 2.37. The monoisotopic (exact) mass is 443 g/mol. The maximum atomic E-state index is 12.2. The molecule has 0 aliphatic rings. The molecular formula is C23H29N3O6. The summed E-state index contributed by atoms with van der Waals surface area (Å²) in [5.41, 5.74) is 3.42. The van der Waals surface area contributed by atoms with Crippen LogP contribution in [0.15, 0.2) is 41.5 Å². The molecule has 2 N–H and O–H groups in total. The summed E-state index contributed by atoms with van der Waals surface area (Å²) in [7, 11) is 4.53. The fourth-order valence-corrected chi connectivity index (χ4v) is 2.69. The van der Waals surface area contributed by atoms with Crippen LogP contribution in [0.5, 0.6) is 23.0 Å². The zero-order valence-corrected chi connectivity index (χ0v) is 18.8. The molecule has 0 fully saturated rings. The first-order valence-electron chi connectivity index (χ1n) is 10.1. The van der Waals surface area contributed by atoms with Crippen molar-refractivity contribution in [2.45, 2.75) is 19.8 Å². The van der Waals surface area contributed by atoms with Gasteiger partial charge in [-0.15, -0.1) is 0 Å². The number of hydrogen-bond donors (Lipinski definition) is 2. The summed E-state index contributed by atoms with van der Waals surface area (Å²) >= 11 is 0. The summed E-state index contributed by atoms with van der Waals surface area (Å²) in [5, 5.41) is 6.45. The zero-order chi connectivity index (χ0) is 23.3. The van der Waals surface area contributed by atoms with Gasteiger partial charge in [0, 0.05) is 11.1 Å². The van der Waals surface area contributed by atoms with E-state index in [1.807, 2.05) is 0 Å². The second kappa shape index (κ2) is 12.8. The van der Waals surface area contributed by atoms with E-state index >= 15 is 0 Å². The Bertz CT molecular complexity index is 903. The minimum Gasteiger partial charge on any atom is -0.494 e. The van der Waals surface area contributed by atoms with E-state index in [0.717, 1.165) is 12.8 Å². The predicted octanol–water partition coefficient (Wildman–Crippen LogP) is 2.77. The molecule has 2 aromatic rings. The Labute approximate surface area is 187 Å². The lowest BCUT2D eigenvalue weighted by molar-refractivity contribution is -0.120. The fourth-order valence-electron chi connectivity index (χ4n) is 2.69. The Morgan fingerprint density at radius 2 is 1.66 bits per heavy atom. The molecule has 0 atom stereocenters. The molecule has 0 saturated heterocycles. The summed E-state index contributed by atoms with van der Waals surface area (Å²) in [6, 6.07) is 10.1. The molecule has 0 saturated carbocycles. The first-order chi connectivity index (χ1) is 15.5. The molecule has 0 aliphatic heterocycles. The van der Waals surface area contributed by atoms with Crippen LogP contribution in [0.2, 0.25) is 0 Å². The molecule has 0 bridgehead atoms. The topological polar surface area (TPSA) is 107 Å². The van der Waals surface area contributed by atoms with Crippen LogP contribution in [0.4, 0.5) is 0 Å². The Morgan fingerprint density at radius 1 is 1.00 bits per heavy atom. The van der Waals surface area contributed by atoms with Crippen molar-refractivity contribution in [3.63, 3.8) is 0 Å². The number of amides is 2. The molecule has 172 valence electrons. The van der Waals surface area contributed by atoms with Crippen LogP contribution in [-0.2, 0) is 4.79 Å². The van der Waals surface area contributed by atoms with Crippen molar-refractivity contribution in [3.05, 3.63) is 47.5 Å². The van der Waals surface area contributed by atoms with Gasteiger partial charge in [-0.3, -0.25) is 9.59 Å². The molecule has 0 aromatic heterocycles. The van der Waals surface area contributed by atoms with Crippen molar-refractivity contribution in [2.75, 3.05) is 34.5 Å². The van der Waals surface area contributed by atoms with Gasteiger partial charge >= 0.3 is 0 Å². The number of benzene rings is 2. The Hall–Kier alpha value is -3.75. The zero-order valence-electron chi connectivity index (χ0n) is 18.8. The molecule has 0 aliphatic carbocycles. The number of rotatable bonds is 12. The van der Waals surface area contributed by atoms with Gasteiger partial charge in [0.25, 0.3) is 11.8 Å². The number of carbonyl (C=O) groups excluding carboxylic acids is 2. The van der Waals surface area contributed by atoms with Crippen LogP contribution >= 0.6 is 0 Å². The van der Waals surface area contributed by atoms with Crippen LogP contribution in [0.3, 0.4) is 0 Å². The van der Waals surface area contributed by atoms with E-state index in [0.29, 0.717) is 40.7 Å². The number of nitrogens with zero attached hydrogens (tertiary/aromatic N) is 1. The van der Waals surface area contributed by atoms with Gasteiger partial charge in [0.1, 0.15) is 5.75 Å². The summed E-state index contributed by atoms with van der Waals surface area (Å²) < 4.78 is 21.4. The molecule has 2 aromatic carbocycles. The highest BCUT2D eigenvalue weighted by molar-refractivity contribution is 5.96. The van der Waals surface area contributed by atoms with Crippen molar-refractivity contribution in [1.82, 2.24) is 10.7 Å². The average Bonchev–Trinajstić information content (AvgIpc) is 2.82. The average molecular weight is 444 g/mol. The van der Waals surface area contributed by atoms with Gasteiger partial charge in [-0.05, 0) is 42.8 Å². The van der Waals surface area contributed by atoms with Crippen LogP contribution in [-0.4, -0.2) is 52.5 Å². The van der Waals surface area contributed by atoms with Crippen LogP contribution in [0.1, 0.15) is 35.7 Å². The van der Waals surface area contributed by atoms with E-state index in [-0.39, 0.29) is 12.5 Å². The van der Waals surface area contributed by atoms with Gasteiger partial charge in [0.15, 0.2) is 11.5 Å². The molecule has 9 nitrogen and oxygen atoms in total. The Morgan fingerprint density at radius 3 is 2.22 bits per heavy atom. The fraction of sp³-hybridized carbons (Fsp3) is 0.348. The van der Waals surface area contributed by atoms with E-state index in [1.54, 1.807) is 36.4 Å². The van der Waals surface area contributed by atoms with E-state index in [2.05, 4.69) is 22.8 Å². The third kappa shape index (κ3) is 7.19. The molecule has 0 heterocycles. The highest BCUT2D eigenvalue weighted by Gasteiger charge is 2.12. The van der Waals surface area contributed by atoms with Gasteiger partial charge < -0.3 is 24.3 Å². The third-order valence-corrected chi connectivity index (χ3v) is 4.38. The quantitative estimate of drug-likeness (QED) is 0.297. The molecule has 2 rings (SSSR count). The van der Waals surface area contributed by atoms with E-state index in [4.69, 9.17) is 18.9 Å². The maximum Gasteiger partial charge on any atom is 0.259 e. The summed E-state index contributed by atoms with van der Waals surface area (Å²) in [5.74, 6) is 1.26. The maximum absolute atomic E-state index is 12.2. The molecule has 0 unspecified atom stereocenters. The number of unbranched alkanes of at least 4 members (excludes halogenated alkanes) is 1. The minimum absolute atomic E-state index is 0.222. The summed E-state index contributed by atoms with van der Waals surface area (Å²) in [6.07, 6.45) is 3.45. The van der Waals surface area contributed by atoms with Crippen molar-refractivity contribution in [3.8, 4) is 23.0 Å². The van der Waals surface area contributed by atoms with E-state index in [1.165, 1.54) is 27.5 Å². The largest absolute Gasteiger partial charge is 0.494 e. The number of hydrogen-bond acceptors (Lipinski definition) is 7. The molecule has 32 heavy (non-hydrogen) atoms. The van der Waals surface area contributed by atoms with Crippen LogP contribution in [0.25, 0.3) is 0 Å². The minimum atomic E-state index is -0.471. The SMILES string of the molecule is CCCCOc1ccc(C(=O)NCC(=O)NN=Cc2cc(OC)c(OC)c(OC)c2)cc1. The lowest BCUT2D eigenvalue weighted by Crippen LogP contribution is -2.34. The molecule has 9 heteroatoms. The van der Waals surface area contributed by atoms with Gasteiger partial charge in [-0.2, -0.15) is 5.10 Å². The summed E-state index contributed by atoms with van der Waals surface area (Å²) in [4.78, 5) is 24.2. The van der Waals surface area contributed by atoms with E-state index < -0.39 is 5.91 Å². The normalized spacial score (nSPS) is 10.5. The molecular weight excluding hydrogens is 414 g/mol.